The first-order valence-corrected chi connectivity index (χ1v) is 8.41. The van der Waals surface area contributed by atoms with Crippen LogP contribution in [0.2, 0.25) is 0 Å². The zero-order valence-corrected chi connectivity index (χ0v) is 15.4. The van der Waals surface area contributed by atoms with Gasteiger partial charge in [-0.2, -0.15) is 4.98 Å². The molecule has 2 rings (SSSR count). The van der Waals surface area contributed by atoms with Gasteiger partial charge in [0.1, 0.15) is 23.6 Å². The SMILES string of the molecule is CC(C)[C@H](N)C(=O)OC1[C@@H](CO)O[C@@H](n2ccc(NCl)nc2=O)[C@@]1(C)O. The number of aromatic nitrogens is 2. The third-order valence-corrected chi connectivity index (χ3v) is 4.50. The lowest BCUT2D eigenvalue weighted by molar-refractivity contribution is -0.166. The molecule has 1 saturated heterocycles. The van der Waals surface area contributed by atoms with Gasteiger partial charge in [0.2, 0.25) is 0 Å². The Bertz CT molecular complexity index is 710. The fourth-order valence-corrected chi connectivity index (χ4v) is 2.80. The van der Waals surface area contributed by atoms with Gasteiger partial charge >= 0.3 is 11.7 Å². The Hall–Kier alpha value is -1.72. The van der Waals surface area contributed by atoms with E-state index in [9.17, 15) is 19.8 Å². The summed E-state index contributed by atoms with van der Waals surface area (Å²) < 4.78 is 11.9. The highest BCUT2D eigenvalue weighted by atomic mass is 35.5. The van der Waals surface area contributed by atoms with Crippen molar-refractivity contribution in [2.45, 2.75) is 50.8 Å². The van der Waals surface area contributed by atoms with Crippen molar-refractivity contribution in [3.8, 4) is 0 Å². The van der Waals surface area contributed by atoms with Crippen molar-refractivity contribution in [1.29, 1.82) is 0 Å². The lowest BCUT2D eigenvalue weighted by atomic mass is 9.95. The Balaban J connectivity index is 2.32. The van der Waals surface area contributed by atoms with E-state index in [-0.39, 0.29) is 11.7 Å². The van der Waals surface area contributed by atoms with E-state index in [1.165, 1.54) is 19.2 Å². The number of aliphatic hydroxyl groups is 2. The Labute approximate surface area is 155 Å². The minimum Gasteiger partial charge on any atom is -0.455 e. The fourth-order valence-electron chi connectivity index (χ4n) is 2.69. The van der Waals surface area contributed by atoms with Gasteiger partial charge in [-0.25, -0.2) is 4.79 Å². The molecule has 146 valence electrons. The second-order valence-electron chi connectivity index (χ2n) is 6.66. The Kier molecular flexibility index (Phi) is 6.25. The van der Waals surface area contributed by atoms with Gasteiger partial charge in [-0.3, -0.25) is 14.2 Å². The van der Waals surface area contributed by atoms with Crippen LogP contribution in [0.5, 0.6) is 0 Å². The molecule has 1 aliphatic heterocycles. The van der Waals surface area contributed by atoms with Crippen molar-refractivity contribution in [3.05, 3.63) is 22.7 Å². The van der Waals surface area contributed by atoms with E-state index in [0.29, 0.717) is 0 Å². The number of aliphatic hydroxyl groups excluding tert-OH is 1. The highest BCUT2D eigenvalue weighted by Crippen LogP contribution is 2.39. The maximum absolute atomic E-state index is 12.2. The minimum atomic E-state index is -1.82. The van der Waals surface area contributed by atoms with Crippen molar-refractivity contribution >= 4 is 23.6 Å². The first kappa shape index (κ1) is 20.6. The molecular formula is C15H23ClN4O6. The van der Waals surface area contributed by atoms with E-state index in [0.717, 1.165) is 4.57 Å². The highest BCUT2D eigenvalue weighted by Gasteiger charge is 2.56. The number of esters is 1. The molecular weight excluding hydrogens is 368 g/mol. The number of ether oxygens (including phenoxy) is 2. The largest absolute Gasteiger partial charge is 0.455 e. The van der Waals surface area contributed by atoms with Gasteiger partial charge in [-0.1, -0.05) is 13.8 Å². The number of rotatable bonds is 6. The van der Waals surface area contributed by atoms with Crippen molar-refractivity contribution in [2.24, 2.45) is 11.7 Å². The average Bonchev–Trinajstić information content (AvgIpc) is 2.84. The molecule has 5 N–H and O–H groups in total. The molecule has 0 bridgehead atoms. The number of hydrogen-bond acceptors (Lipinski definition) is 9. The zero-order valence-electron chi connectivity index (χ0n) is 14.6. The van der Waals surface area contributed by atoms with E-state index < -0.39 is 48.3 Å². The molecule has 1 aromatic heterocycles. The monoisotopic (exact) mass is 390 g/mol. The Morgan fingerprint density at radius 1 is 1.62 bits per heavy atom. The molecule has 10 nitrogen and oxygen atoms in total. The first-order chi connectivity index (χ1) is 12.1. The van der Waals surface area contributed by atoms with Gasteiger partial charge in [-0.15, -0.1) is 0 Å². The summed E-state index contributed by atoms with van der Waals surface area (Å²) in [6, 6.07) is 0.498. The lowest BCUT2D eigenvalue weighted by Crippen LogP contribution is -2.51. The third kappa shape index (κ3) is 3.84. The van der Waals surface area contributed by atoms with Crippen molar-refractivity contribution in [2.75, 3.05) is 11.4 Å². The van der Waals surface area contributed by atoms with Crippen LogP contribution in [-0.2, 0) is 14.3 Å². The number of nitrogens with zero attached hydrogens (tertiary/aromatic N) is 2. The predicted molar refractivity (Wildman–Crippen MR) is 92.3 cm³/mol. The smallest absolute Gasteiger partial charge is 0.351 e. The van der Waals surface area contributed by atoms with Gasteiger partial charge in [0.05, 0.1) is 6.61 Å². The summed E-state index contributed by atoms with van der Waals surface area (Å²) in [5.74, 6) is -0.796. The van der Waals surface area contributed by atoms with Gasteiger partial charge in [0.15, 0.2) is 12.3 Å². The van der Waals surface area contributed by atoms with Crippen LogP contribution in [0, 0.1) is 5.92 Å². The third-order valence-electron chi connectivity index (χ3n) is 4.31. The minimum absolute atomic E-state index is 0.121. The number of anilines is 1. The summed E-state index contributed by atoms with van der Waals surface area (Å²) in [6.45, 7) is 4.30. The van der Waals surface area contributed by atoms with Crippen LogP contribution < -0.4 is 16.3 Å². The summed E-state index contributed by atoms with van der Waals surface area (Å²) in [5.41, 5.74) is 3.21. The maximum Gasteiger partial charge on any atom is 0.351 e. The van der Waals surface area contributed by atoms with E-state index in [1.807, 2.05) is 0 Å². The molecule has 5 atom stereocenters. The molecule has 2 heterocycles. The molecule has 0 amide bonds. The van der Waals surface area contributed by atoms with Gasteiger partial charge in [-0.05, 0) is 18.9 Å². The highest BCUT2D eigenvalue weighted by molar-refractivity contribution is 6.23. The summed E-state index contributed by atoms with van der Waals surface area (Å²) in [6.07, 6.45) is -2.20. The number of carbonyl (C=O) groups excluding carboxylic acids is 1. The van der Waals surface area contributed by atoms with Gasteiger partial charge in [0, 0.05) is 18.0 Å². The second kappa shape index (κ2) is 7.89. The topological polar surface area (TPSA) is 149 Å². The Morgan fingerprint density at radius 3 is 2.77 bits per heavy atom. The standard InChI is InChI=1S/C15H23ClN4O6/c1-7(2)10(17)12(22)26-11-8(6-21)25-13(15(11,3)24)20-5-4-9(19-16)18-14(20)23/h4-5,7-8,10-11,13,21,24H,6,17H2,1-3H3,(H,18,19,23)/t8-,10+,11?,13-,15+/m1/s1. The average molecular weight is 391 g/mol. The summed E-state index contributed by atoms with van der Waals surface area (Å²) >= 11 is 5.40. The quantitative estimate of drug-likeness (QED) is 0.367. The molecule has 0 saturated carbocycles. The summed E-state index contributed by atoms with van der Waals surface area (Å²) in [4.78, 5) is 30.2. The summed E-state index contributed by atoms with van der Waals surface area (Å²) in [5, 5.41) is 20.5. The predicted octanol–water partition coefficient (Wildman–Crippen LogP) is -0.655. The number of carbonyl (C=O) groups is 1. The molecule has 26 heavy (non-hydrogen) atoms. The molecule has 0 radical (unpaired) electrons. The van der Waals surface area contributed by atoms with Gasteiger partial charge < -0.3 is 25.4 Å². The number of halogens is 1. The number of nitrogens with two attached hydrogens (primary N) is 1. The molecule has 0 aliphatic carbocycles. The first-order valence-electron chi connectivity index (χ1n) is 8.04. The molecule has 1 aromatic rings. The van der Waals surface area contributed by atoms with Crippen LogP contribution in [0.1, 0.15) is 27.0 Å². The van der Waals surface area contributed by atoms with Crippen LogP contribution in [0.25, 0.3) is 0 Å². The van der Waals surface area contributed by atoms with Crippen molar-refractivity contribution in [1.82, 2.24) is 9.55 Å². The van der Waals surface area contributed by atoms with E-state index >= 15 is 0 Å². The fraction of sp³-hybridized carbons (Fsp3) is 0.667. The van der Waals surface area contributed by atoms with Crippen LogP contribution in [0.15, 0.2) is 17.1 Å². The van der Waals surface area contributed by atoms with Crippen molar-refractivity contribution < 1.29 is 24.5 Å². The molecule has 0 spiro atoms. The summed E-state index contributed by atoms with van der Waals surface area (Å²) in [7, 11) is 0. The molecule has 0 aromatic carbocycles. The molecule has 11 heteroatoms. The maximum atomic E-state index is 12.2. The molecule has 1 fully saturated rings. The van der Waals surface area contributed by atoms with E-state index in [4.69, 9.17) is 27.0 Å². The molecule has 1 unspecified atom stereocenters. The second-order valence-corrected chi connectivity index (χ2v) is 6.85. The van der Waals surface area contributed by atoms with Crippen LogP contribution in [-0.4, -0.2) is 56.2 Å². The Morgan fingerprint density at radius 2 is 2.27 bits per heavy atom. The van der Waals surface area contributed by atoms with Crippen LogP contribution >= 0.6 is 11.8 Å². The van der Waals surface area contributed by atoms with E-state index in [1.54, 1.807) is 13.8 Å². The van der Waals surface area contributed by atoms with Crippen LogP contribution in [0.4, 0.5) is 5.82 Å². The molecule has 1 aliphatic rings. The zero-order chi connectivity index (χ0) is 19.6. The number of hydrogen-bond donors (Lipinski definition) is 4. The lowest BCUT2D eigenvalue weighted by Gasteiger charge is -2.31. The number of nitrogens with one attached hydrogen (secondary N) is 1. The van der Waals surface area contributed by atoms with Crippen LogP contribution in [0.3, 0.4) is 0 Å². The normalized spacial score (nSPS) is 29.6. The van der Waals surface area contributed by atoms with E-state index in [2.05, 4.69) is 9.82 Å². The van der Waals surface area contributed by atoms with Gasteiger partial charge in [0.25, 0.3) is 0 Å². The van der Waals surface area contributed by atoms with Crippen molar-refractivity contribution in [3.63, 3.8) is 0 Å².